The summed E-state index contributed by atoms with van der Waals surface area (Å²) >= 11 is 14.3. The second-order valence-electron chi connectivity index (χ2n) is 8.90. The summed E-state index contributed by atoms with van der Waals surface area (Å²) in [5.74, 6) is -2.33. The van der Waals surface area contributed by atoms with E-state index in [-0.39, 0.29) is 12.1 Å². The Bertz CT molecular complexity index is 1550. The van der Waals surface area contributed by atoms with Crippen molar-refractivity contribution in [1.29, 1.82) is 0 Å². The number of halogens is 3. The van der Waals surface area contributed by atoms with Crippen LogP contribution < -0.4 is 4.90 Å². The van der Waals surface area contributed by atoms with Crippen molar-refractivity contribution in [2.24, 2.45) is 0 Å². The Hall–Kier alpha value is -3.47. The van der Waals surface area contributed by atoms with Crippen molar-refractivity contribution in [2.75, 3.05) is 4.90 Å². The molecule has 2 heterocycles. The van der Waals surface area contributed by atoms with E-state index in [0.717, 1.165) is 14.0 Å². The van der Waals surface area contributed by atoms with Crippen LogP contribution in [0.4, 0.5) is 5.69 Å². The first kappa shape index (κ1) is 27.1. The predicted molar refractivity (Wildman–Crippen MR) is 157 cm³/mol. The first-order chi connectivity index (χ1) is 18.7. The summed E-state index contributed by atoms with van der Waals surface area (Å²) in [6.07, 6.45) is 3.25. The number of hydrogen-bond acceptors (Lipinski definition) is 4. The van der Waals surface area contributed by atoms with Gasteiger partial charge in [-0.3, -0.25) is 14.6 Å². The number of nitrogens with zero attached hydrogens (tertiary/aromatic N) is 3. The molecular formula is C29H20Cl2IN3O4. The zero-order valence-electron chi connectivity index (χ0n) is 20.2. The summed E-state index contributed by atoms with van der Waals surface area (Å²) in [5, 5.41) is 11.3. The topological polar surface area (TPSA) is 90.8 Å². The number of hydrogen-bond donors (Lipinski definition) is 1. The molecule has 2 amide bonds. The highest BCUT2D eigenvalue weighted by molar-refractivity contribution is 14.1. The van der Waals surface area contributed by atoms with Gasteiger partial charge in [0.05, 0.1) is 17.8 Å². The van der Waals surface area contributed by atoms with Crippen molar-refractivity contribution >= 4 is 69.3 Å². The molecule has 196 valence electrons. The molecule has 1 aliphatic rings. The molecule has 2 atom stereocenters. The highest BCUT2D eigenvalue weighted by atomic mass is 127. The van der Waals surface area contributed by atoms with Crippen LogP contribution in [-0.2, 0) is 16.1 Å². The number of carboxylic acids is 1. The Labute approximate surface area is 248 Å². The first-order valence-electron chi connectivity index (χ1n) is 11.8. The van der Waals surface area contributed by atoms with Crippen LogP contribution in [0, 0.1) is 3.57 Å². The molecule has 1 aliphatic heterocycles. The normalized spacial score (nSPS) is 16.0. The van der Waals surface area contributed by atoms with Crippen LogP contribution in [0.15, 0.2) is 91.3 Å². The summed E-state index contributed by atoms with van der Waals surface area (Å²) < 4.78 is 0.763. The summed E-state index contributed by atoms with van der Waals surface area (Å²) in [5.41, 5.74) is 2.15. The van der Waals surface area contributed by atoms with E-state index < -0.39 is 29.9 Å². The SMILES string of the molecule is O=C(O)[C@H](c1ccc(Cl)cc1)N1C(=O)c2cc(I)ccc2N(Cc2ccncc2)C(=O)[C@@H]1c1ccc(Cl)cc1. The fourth-order valence-corrected chi connectivity index (χ4v) is 5.42. The number of pyridine rings is 1. The lowest BCUT2D eigenvalue weighted by molar-refractivity contribution is -0.144. The predicted octanol–water partition coefficient (Wildman–Crippen LogP) is 6.55. The molecular weight excluding hydrogens is 652 g/mol. The van der Waals surface area contributed by atoms with Crippen molar-refractivity contribution in [2.45, 2.75) is 18.6 Å². The van der Waals surface area contributed by atoms with Gasteiger partial charge in [0, 0.05) is 26.0 Å². The van der Waals surface area contributed by atoms with Gasteiger partial charge in [-0.1, -0.05) is 47.5 Å². The van der Waals surface area contributed by atoms with E-state index in [9.17, 15) is 19.5 Å². The molecule has 7 nitrogen and oxygen atoms in total. The molecule has 0 saturated heterocycles. The quantitative estimate of drug-likeness (QED) is 0.235. The largest absolute Gasteiger partial charge is 0.479 e. The summed E-state index contributed by atoms with van der Waals surface area (Å²) in [6.45, 7) is 0.152. The van der Waals surface area contributed by atoms with E-state index in [4.69, 9.17) is 23.2 Å². The lowest BCUT2D eigenvalue weighted by Crippen LogP contribution is -2.46. The number of amides is 2. The van der Waals surface area contributed by atoms with Gasteiger partial charge in [-0.05, 0) is 93.9 Å². The minimum Gasteiger partial charge on any atom is -0.479 e. The Morgan fingerprint density at radius 1 is 0.923 bits per heavy atom. The van der Waals surface area contributed by atoms with E-state index in [2.05, 4.69) is 27.6 Å². The second-order valence-corrected chi connectivity index (χ2v) is 11.0. The number of anilines is 1. The Morgan fingerprint density at radius 2 is 1.54 bits per heavy atom. The number of fused-ring (bicyclic) bond motifs is 1. The van der Waals surface area contributed by atoms with Crippen LogP contribution in [0.1, 0.15) is 39.1 Å². The molecule has 4 aromatic rings. The molecule has 0 unspecified atom stereocenters. The van der Waals surface area contributed by atoms with Gasteiger partial charge < -0.3 is 14.9 Å². The lowest BCUT2D eigenvalue weighted by atomic mass is 9.97. The van der Waals surface area contributed by atoms with Gasteiger partial charge in [-0.15, -0.1) is 0 Å². The van der Waals surface area contributed by atoms with Crippen molar-refractivity contribution in [3.05, 3.63) is 127 Å². The third-order valence-corrected chi connectivity index (χ3v) is 7.64. The highest BCUT2D eigenvalue weighted by Gasteiger charge is 2.46. The lowest BCUT2D eigenvalue weighted by Gasteiger charge is -2.35. The zero-order chi connectivity index (χ0) is 27.7. The molecule has 0 spiro atoms. The number of rotatable bonds is 6. The maximum Gasteiger partial charge on any atom is 0.331 e. The van der Waals surface area contributed by atoms with Crippen LogP contribution in [0.2, 0.25) is 10.0 Å². The summed E-state index contributed by atoms with van der Waals surface area (Å²) in [4.78, 5) is 48.5. The Kier molecular flexibility index (Phi) is 7.88. The third-order valence-electron chi connectivity index (χ3n) is 6.47. The van der Waals surface area contributed by atoms with Gasteiger partial charge in [-0.2, -0.15) is 0 Å². The van der Waals surface area contributed by atoms with Crippen LogP contribution in [0.3, 0.4) is 0 Å². The Morgan fingerprint density at radius 3 is 2.15 bits per heavy atom. The molecule has 0 aliphatic carbocycles. The summed E-state index contributed by atoms with van der Waals surface area (Å²) in [7, 11) is 0. The third kappa shape index (κ3) is 5.50. The van der Waals surface area contributed by atoms with E-state index in [1.807, 2.05) is 0 Å². The fourth-order valence-electron chi connectivity index (χ4n) is 4.67. The van der Waals surface area contributed by atoms with E-state index >= 15 is 0 Å². The second kappa shape index (κ2) is 11.3. The first-order valence-corrected chi connectivity index (χ1v) is 13.6. The number of benzene rings is 3. The van der Waals surface area contributed by atoms with E-state index in [1.165, 1.54) is 4.90 Å². The van der Waals surface area contributed by atoms with Crippen LogP contribution in [0.5, 0.6) is 0 Å². The standard InChI is InChI=1S/C29H20Cl2IN3O4/c30-20-5-1-18(2-6-20)25-28(37)34(16-17-11-13-33-14-12-17)24-10-9-22(32)15-23(24)27(36)35(25)26(29(38)39)19-3-7-21(31)8-4-19/h1-15,25-26H,16H2,(H,38,39)/t25-,26-/m0/s1. The minimum absolute atomic E-state index is 0.152. The minimum atomic E-state index is -1.48. The number of carbonyl (C=O) groups excluding carboxylic acids is 2. The van der Waals surface area contributed by atoms with Crippen LogP contribution in [0.25, 0.3) is 0 Å². The van der Waals surface area contributed by atoms with Crippen LogP contribution >= 0.6 is 45.8 Å². The highest BCUT2D eigenvalue weighted by Crippen LogP contribution is 2.41. The maximum absolute atomic E-state index is 14.5. The Balaban J connectivity index is 1.76. The number of carbonyl (C=O) groups is 3. The molecule has 5 rings (SSSR count). The summed E-state index contributed by atoms with van der Waals surface area (Å²) in [6, 6.07) is 18.7. The van der Waals surface area contributed by atoms with E-state index in [0.29, 0.717) is 26.9 Å². The maximum atomic E-state index is 14.5. The fraction of sp³-hybridized carbons (Fsp3) is 0.103. The average molecular weight is 672 g/mol. The average Bonchev–Trinajstić information content (AvgIpc) is 3.00. The number of carboxylic acid groups (broad SMARTS) is 1. The smallest absolute Gasteiger partial charge is 0.331 e. The van der Waals surface area contributed by atoms with Gasteiger partial charge in [0.25, 0.3) is 11.8 Å². The molecule has 39 heavy (non-hydrogen) atoms. The van der Waals surface area contributed by atoms with Gasteiger partial charge >= 0.3 is 5.97 Å². The van der Waals surface area contributed by atoms with Gasteiger partial charge in [-0.25, -0.2) is 4.79 Å². The zero-order valence-corrected chi connectivity index (χ0v) is 23.8. The molecule has 1 aromatic heterocycles. The van der Waals surface area contributed by atoms with Crippen molar-refractivity contribution in [3.8, 4) is 0 Å². The molecule has 0 saturated carbocycles. The van der Waals surface area contributed by atoms with E-state index in [1.54, 1.807) is 91.3 Å². The molecule has 0 radical (unpaired) electrons. The van der Waals surface area contributed by atoms with Gasteiger partial charge in [0.1, 0.15) is 6.04 Å². The molecule has 3 aromatic carbocycles. The monoisotopic (exact) mass is 671 g/mol. The molecule has 0 bridgehead atoms. The molecule has 0 fully saturated rings. The van der Waals surface area contributed by atoms with Crippen molar-refractivity contribution in [3.63, 3.8) is 0 Å². The van der Waals surface area contributed by atoms with Crippen molar-refractivity contribution < 1.29 is 19.5 Å². The van der Waals surface area contributed by atoms with Gasteiger partial charge in [0.2, 0.25) is 0 Å². The number of aromatic nitrogens is 1. The molecule has 10 heteroatoms. The molecule has 1 N–H and O–H groups in total. The van der Waals surface area contributed by atoms with Gasteiger partial charge in [0.15, 0.2) is 6.04 Å². The number of aliphatic carboxylic acids is 1. The van der Waals surface area contributed by atoms with Crippen molar-refractivity contribution in [1.82, 2.24) is 9.88 Å². The van der Waals surface area contributed by atoms with Crippen LogP contribution in [-0.4, -0.2) is 32.8 Å².